The second kappa shape index (κ2) is 8.97. The number of hydrogen-bond acceptors (Lipinski definition) is 2. The molecule has 0 aliphatic carbocycles. The molecule has 0 fully saturated rings. The number of ether oxygens (including phenoxy) is 1. The van der Waals surface area contributed by atoms with Gasteiger partial charge in [0.2, 0.25) is 0 Å². The molecule has 17 heavy (non-hydrogen) atoms. The SMILES string of the molecule is C=CCC(COCc1ccccc1)NCCC. The Morgan fingerprint density at radius 1 is 1.35 bits per heavy atom. The zero-order valence-electron chi connectivity index (χ0n) is 10.7. The molecule has 1 aromatic rings. The van der Waals surface area contributed by atoms with E-state index in [1.165, 1.54) is 5.56 Å². The molecule has 1 N–H and O–H groups in total. The van der Waals surface area contributed by atoms with Crippen molar-refractivity contribution in [1.82, 2.24) is 5.32 Å². The fourth-order valence-electron chi connectivity index (χ4n) is 1.65. The van der Waals surface area contributed by atoms with E-state index in [0.717, 1.165) is 26.0 Å². The van der Waals surface area contributed by atoms with E-state index in [0.29, 0.717) is 12.6 Å². The van der Waals surface area contributed by atoms with E-state index in [-0.39, 0.29) is 0 Å². The highest BCUT2D eigenvalue weighted by atomic mass is 16.5. The van der Waals surface area contributed by atoms with Crippen molar-refractivity contribution in [2.45, 2.75) is 32.4 Å². The number of benzene rings is 1. The zero-order valence-corrected chi connectivity index (χ0v) is 10.7. The van der Waals surface area contributed by atoms with Crippen LogP contribution >= 0.6 is 0 Å². The third-order valence-electron chi connectivity index (χ3n) is 2.56. The lowest BCUT2D eigenvalue weighted by Gasteiger charge is -2.16. The van der Waals surface area contributed by atoms with Gasteiger partial charge in [-0.3, -0.25) is 0 Å². The number of hydrogen-bond donors (Lipinski definition) is 1. The Morgan fingerprint density at radius 2 is 2.12 bits per heavy atom. The highest BCUT2D eigenvalue weighted by Crippen LogP contribution is 2.02. The Kier molecular flexibility index (Phi) is 7.35. The van der Waals surface area contributed by atoms with Crippen molar-refractivity contribution in [3.8, 4) is 0 Å². The first-order valence-corrected chi connectivity index (χ1v) is 6.32. The molecule has 0 saturated heterocycles. The maximum absolute atomic E-state index is 5.72. The number of rotatable bonds is 9. The molecule has 0 heterocycles. The van der Waals surface area contributed by atoms with E-state index in [9.17, 15) is 0 Å². The van der Waals surface area contributed by atoms with Gasteiger partial charge in [0.05, 0.1) is 13.2 Å². The third-order valence-corrected chi connectivity index (χ3v) is 2.56. The molecule has 94 valence electrons. The largest absolute Gasteiger partial charge is 0.375 e. The van der Waals surface area contributed by atoms with E-state index < -0.39 is 0 Å². The van der Waals surface area contributed by atoms with Crippen LogP contribution in [0.5, 0.6) is 0 Å². The fraction of sp³-hybridized carbons (Fsp3) is 0.467. The predicted octanol–water partition coefficient (Wildman–Crippen LogP) is 3.15. The summed E-state index contributed by atoms with van der Waals surface area (Å²) in [6.45, 7) is 8.40. The summed E-state index contributed by atoms with van der Waals surface area (Å²) in [7, 11) is 0. The van der Waals surface area contributed by atoms with E-state index in [1.54, 1.807) is 0 Å². The normalized spacial score (nSPS) is 12.3. The van der Waals surface area contributed by atoms with Gasteiger partial charge < -0.3 is 10.1 Å². The summed E-state index contributed by atoms with van der Waals surface area (Å²) in [6.07, 6.45) is 4.04. The first kappa shape index (κ1) is 13.9. The van der Waals surface area contributed by atoms with Gasteiger partial charge in [0.15, 0.2) is 0 Å². The van der Waals surface area contributed by atoms with E-state index in [2.05, 4.69) is 31.0 Å². The summed E-state index contributed by atoms with van der Waals surface area (Å²) < 4.78 is 5.72. The van der Waals surface area contributed by atoms with E-state index in [4.69, 9.17) is 4.74 Å². The van der Waals surface area contributed by atoms with Crippen LogP contribution in [-0.4, -0.2) is 19.2 Å². The molecule has 0 aliphatic rings. The lowest BCUT2D eigenvalue weighted by Crippen LogP contribution is -2.33. The molecular formula is C15H23NO. The smallest absolute Gasteiger partial charge is 0.0717 e. The van der Waals surface area contributed by atoms with Gasteiger partial charge in [0.25, 0.3) is 0 Å². The van der Waals surface area contributed by atoms with Gasteiger partial charge in [0, 0.05) is 6.04 Å². The van der Waals surface area contributed by atoms with Crippen LogP contribution in [0.2, 0.25) is 0 Å². The summed E-state index contributed by atoms with van der Waals surface area (Å²) in [4.78, 5) is 0. The van der Waals surface area contributed by atoms with Crippen LogP contribution in [-0.2, 0) is 11.3 Å². The maximum Gasteiger partial charge on any atom is 0.0717 e. The van der Waals surface area contributed by atoms with Gasteiger partial charge in [0.1, 0.15) is 0 Å². The molecule has 1 atom stereocenters. The summed E-state index contributed by atoms with van der Waals surface area (Å²) in [5, 5.41) is 3.46. The molecule has 2 nitrogen and oxygen atoms in total. The van der Waals surface area contributed by atoms with Gasteiger partial charge in [-0.1, -0.05) is 43.3 Å². The topological polar surface area (TPSA) is 21.3 Å². The lowest BCUT2D eigenvalue weighted by atomic mass is 10.2. The minimum absolute atomic E-state index is 0.385. The maximum atomic E-state index is 5.72. The van der Waals surface area contributed by atoms with Crippen molar-refractivity contribution in [3.05, 3.63) is 48.6 Å². The van der Waals surface area contributed by atoms with Crippen LogP contribution in [0, 0.1) is 0 Å². The fourth-order valence-corrected chi connectivity index (χ4v) is 1.65. The second-order valence-electron chi connectivity index (χ2n) is 4.18. The monoisotopic (exact) mass is 233 g/mol. The standard InChI is InChI=1S/C15H23NO/c1-3-8-15(16-11-4-2)13-17-12-14-9-6-5-7-10-14/h3,5-7,9-10,15-16H,1,4,8,11-13H2,2H3. The lowest BCUT2D eigenvalue weighted by molar-refractivity contribution is 0.0992. The van der Waals surface area contributed by atoms with Crippen molar-refractivity contribution in [2.24, 2.45) is 0 Å². The summed E-state index contributed by atoms with van der Waals surface area (Å²) in [5.74, 6) is 0. The molecule has 0 radical (unpaired) electrons. The highest BCUT2D eigenvalue weighted by molar-refractivity contribution is 5.13. The second-order valence-corrected chi connectivity index (χ2v) is 4.18. The quantitative estimate of drug-likeness (QED) is 0.662. The molecule has 0 aliphatic heterocycles. The summed E-state index contributed by atoms with van der Waals surface area (Å²) >= 11 is 0. The van der Waals surface area contributed by atoms with Gasteiger partial charge in [-0.2, -0.15) is 0 Å². The molecular weight excluding hydrogens is 210 g/mol. The predicted molar refractivity (Wildman–Crippen MR) is 73.0 cm³/mol. The van der Waals surface area contributed by atoms with Gasteiger partial charge in [-0.25, -0.2) is 0 Å². The highest BCUT2D eigenvalue weighted by Gasteiger charge is 2.05. The Bertz CT molecular complexity index is 297. The van der Waals surface area contributed by atoms with Crippen LogP contribution in [0.3, 0.4) is 0 Å². The summed E-state index contributed by atoms with van der Waals surface area (Å²) in [6, 6.07) is 10.7. The third kappa shape index (κ3) is 6.25. The molecule has 1 aromatic carbocycles. The molecule has 0 aromatic heterocycles. The molecule has 2 heteroatoms. The Labute approximate surface area is 105 Å². The van der Waals surface area contributed by atoms with Crippen LogP contribution in [0.4, 0.5) is 0 Å². The first-order valence-electron chi connectivity index (χ1n) is 6.32. The average Bonchev–Trinajstić information content (AvgIpc) is 2.37. The minimum Gasteiger partial charge on any atom is -0.375 e. The van der Waals surface area contributed by atoms with Crippen molar-refractivity contribution in [2.75, 3.05) is 13.2 Å². The van der Waals surface area contributed by atoms with Crippen molar-refractivity contribution < 1.29 is 4.74 Å². The van der Waals surface area contributed by atoms with Crippen LogP contribution in [0.15, 0.2) is 43.0 Å². The molecule has 1 rings (SSSR count). The molecule has 1 unspecified atom stereocenters. The molecule has 0 amide bonds. The van der Waals surface area contributed by atoms with Crippen molar-refractivity contribution in [3.63, 3.8) is 0 Å². The van der Waals surface area contributed by atoms with Gasteiger partial charge in [-0.05, 0) is 24.9 Å². The Hall–Kier alpha value is -1.12. The average molecular weight is 233 g/mol. The van der Waals surface area contributed by atoms with Gasteiger partial charge >= 0.3 is 0 Å². The van der Waals surface area contributed by atoms with Gasteiger partial charge in [-0.15, -0.1) is 6.58 Å². The Balaban J connectivity index is 2.24. The van der Waals surface area contributed by atoms with E-state index in [1.807, 2.05) is 24.3 Å². The van der Waals surface area contributed by atoms with Crippen LogP contribution < -0.4 is 5.32 Å². The molecule has 0 spiro atoms. The zero-order chi connectivity index (χ0) is 12.3. The Morgan fingerprint density at radius 3 is 2.76 bits per heavy atom. The van der Waals surface area contributed by atoms with Crippen LogP contribution in [0.1, 0.15) is 25.3 Å². The minimum atomic E-state index is 0.385. The van der Waals surface area contributed by atoms with Crippen molar-refractivity contribution >= 4 is 0 Å². The number of nitrogens with one attached hydrogen (secondary N) is 1. The van der Waals surface area contributed by atoms with E-state index >= 15 is 0 Å². The summed E-state index contributed by atoms with van der Waals surface area (Å²) in [5.41, 5.74) is 1.22. The molecule has 0 bridgehead atoms. The van der Waals surface area contributed by atoms with Crippen LogP contribution in [0.25, 0.3) is 0 Å². The first-order chi connectivity index (χ1) is 8.36. The van der Waals surface area contributed by atoms with Crippen molar-refractivity contribution in [1.29, 1.82) is 0 Å². The molecule has 0 saturated carbocycles.